The number of nitrogens with zero attached hydrogens (tertiary/aromatic N) is 3. The van der Waals surface area contributed by atoms with E-state index in [4.69, 9.17) is 0 Å². The van der Waals surface area contributed by atoms with Crippen molar-refractivity contribution in [2.75, 3.05) is 32.0 Å². The number of carbonyl (C=O) groups is 1. The molecular weight excluding hydrogens is 444 g/mol. The molecule has 1 unspecified atom stereocenters. The molecule has 178 valence electrons. The number of non-ortho nitro benzene ring substituents is 1. The van der Waals surface area contributed by atoms with Crippen LogP contribution >= 0.6 is 0 Å². The van der Waals surface area contributed by atoms with Crippen LogP contribution in [0.4, 0.5) is 11.4 Å². The molecule has 0 saturated carbocycles. The highest BCUT2D eigenvalue weighted by molar-refractivity contribution is 7.89. The smallest absolute Gasteiger partial charge is 0.269 e. The Morgan fingerprint density at radius 3 is 2.55 bits per heavy atom. The van der Waals surface area contributed by atoms with Gasteiger partial charge < -0.3 is 5.32 Å². The van der Waals surface area contributed by atoms with Gasteiger partial charge in [-0.25, -0.2) is 8.42 Å². The van der Waals surface area contributed by atoms with Crippen LogP contribution in [0.5, 0.6) is 0 Å². The summed E-state index contributed by atoms with van der Waals surface area (Å²) in [6, 6.07) is 10.9. The lowest BCUT2D eigenvalue weighted by molar-refractivity contribution is -0.384. The number of nitrogens with one attached hydrogen (secondary N) is 1. The van der Waals surface area contributed by atoms with Gasteiger partial charge >= 0.3 is 0 Å². The quantitative estimate of drug-likeness (QED) is 0.461. The number of amides is 1. The molecule has 1 fully saturated rings. The number of benzene rings is 2. The van der Waals surface area contributed by atoms with E-state index >= 15 is 0 Å². The van der Waals surface area contributed by atoms with Crippen molar-refractivity contribution in [2.45, 2.75) is 44.0 Å². The Labute approximate surface area is 194 Å². The van der Waals surface area contributed by atoms with Gasteiger partial charge in [0.05, 0.1) is 16.4 Å². The summed E-state index contributed by atoms with van der Waals surface area (Å²) in [5.41, 5.74) is 1.94. The Kier molecular flexibility index (Phi) is 7.83. The van der Waals surface area contributed by atoms with E-state index in [0.717, 1.165) is 30.4 Å². The lowest BCUT2D eigenvalue weighted by atomic mass is 10.1. The van der Waals surface area contributed by atoms with E-state index < -0.39 is 14.9 Å². The zero-order valence-electron chi connectivity index (χ0n) is 19.2. The maximum atomic E-state index is 13.0. The average molecular weight is 475 g/mol. The summed E-state index contributed by atoms with van der Waals surface area (Å²) < 4.78 is 27.5. The third-order valence-electron chi connectivity index (χ3n) is 6.05. The van der Waals surface area contributed by atoms with Crippen LogP contribution in [0.15, 0.2) is 47.4 Å². The van der Waals surface area contributed by atoms with Gasteiger partial charge in [-0.15, -0.1) is 0 Å². The largest absolute Gasteiger partial charge is 0.325 e. The fourth-order valence-corrected chi connectivity index (χ4v) is 5.40. The first-order chi connectivity index (χ1) is 15.6. The normalized spacial score (nSPS) is 15.9. The number of hydrogen-bond donors (Lipinski definition) is 1. The Morgan fingerprint density at radius 2 is 1.88 bits per heavy atom. The first-order valence-electron chi connectivity index (χ1n) is 10.9. The van der Waals surface area contributed by atoms with Crippen molar-refractivity contribution in [1.82, 2.24) is 9.21 Å². The van der Waals surface area contributed by atoms with E-state index in [2.05, 4.69) is 5.32 Å². The van der Waals surface area contributed by atoms with Crippen molar-refractivity contribution in [1.29, 1.82) is 0 Å². The van der Waals surface area contributed by atoms with Crippen LogP contribution in [0.25, 0.3) is 0 Å². The van der Waals surface area contributed by atoms with Gasteiger partial charge in [0, 0.05) is 37.0 Å². The minimum absolute atomic E-state index is 0.000411. The minimum Gasteiger partial charge on any atom is -0.325 e. The number of nitro benzene ring substituents is 1. The summed E-state index contributed by atoms with van der Waals surface area (Å²) in [5, 5.41) is 13.9. The number of hydrogen-bond acceptors (Lipinski definition) is 6. The molecule has 0 aromatic heterocycles. The van der Waals surface area contributed by atoms with E-state index in [1.807, 2.05) is 13.8 Å². The molecule has 0 bridgehead atoms. The van der Waals surface area contributed by atoms with Crippen LogP contribution < -0.4 is 5.32 Å². The predicted molar refractivity (Wildman–Crippen MR) is 127 cm³/mol. The van der Waals surface area contributed by atoms with Crippen LogP contribution in [-0.2, 0) is 14.8 Å². The van der Waals surface area contributed by atoms with Crippen molar-refractivity contribution >= 4 is 27.3 Å². The summed E-state index contributed by atoms with van der Waals surface area (Å²) >= 11 is 0. The Balaban J connectivity index is 1.70. The van der Waals surface area contributed by atoms with Gasteiger partial charge in [0.1, 0.15) is 0 Å². The standard InChI is InChI=1S/C23H30N4O5S/c1-17-10-11-21(33(31,32)26-12-5-4-6-13-26)15-22(17)24-23(28)16-25(3)18(2)19-8-7-9-20(14-19)27(29)30/h7-11,14-15,18H,4-6,12-13,16H2,1-3H3,(H,24,28). The molecule has 1 aliphatic heterocycles. The van der Waals surface area contributed by atoms with Gasteiger partial charge in [0.15, 0.2) is 0 Å². The summed E-state index contributed by atoms with van der Waals surface area (Å²) in [5.74, 6) is -0.301. The summed E-state index contributed by atoms with van der Waals surface area (Å²) in [7, 11) is -1.85. The van der Waals surface area contributed by atoms with Crippen molar-refractivity contribution in [3.63, 3.8) is 0 Å². The number of likely N-dealkylation sites (N-methyl/N-ethyl adjacent to an activating group) is 1. The minimum atomic E-state index is -3.60. The summed E-state index contributed by atoms with van der Waals surface area (Å²) in [6.07, 6.45) is 2.73. The second-order valence-corrected chi connectivity index (χ2v) is 10.4. The maximum absolute atomic E-state index is 13.0. The maximum Gasteiger partial charge on any atom is 0.269 e. The van der Waals surface area contributed by atoms with Gasteiger partial charge in [0.25, 0.3) is 5.69 Å². The van der Waals surface area contributed by atoms with Gasteiger partial charge in [-0.2, -0.15) is 4.31 Å². The molecule has 0 radical (unpaired) electrons. The van der Waals surface area contributed by atoms with Gasteiger partial charge in [-0.3, -0.25) is 19.8 Å². The highest BCUT2D eigenvalue weighted by Crippen LogP contribution is 2.26. The zero-order valence-corrected chi connectivity index (χ0v) is 20.0. The molecule has 2 aromatic rings. The first kappa shape index (κ1) is 24.8. The molecule has 0 aliphatic carbocycles. The van der Waals surface area contributed by atoms with E-state index in [0.29, 0.717) is 18.8 Å². The van der Waals surface area contributed by atoms with E-state index in [-0.39, 0.29) is 29.1 Å². The predicted octanol–water partition coefficient (Wildman–Crippen LogP) is 3.71. The number of nitro groups is 1. The van der Waals surface area contributed by atoms with Crippen LogP contribution in [0.3, 0.4) is 0 Å². The van der Waals surface area contributed by atoms with Gasteiger partial charge in [-0.1, -0.05) is 24.6 Å². The Hall–Kier alpha value is -2.82. The van der Waals surface area contributed by atoms with Gasteiger partial charge in [0.2, 0.25) is 15.9 Å². The molecule has 1 N–H and O–H groups in total. The molecule has 3 rings (SSSR count). The molecule has 1 heterocycles. The lowest BCUT2D eigenvalue weighted by Gasteiger charge is -2.26. The first-order valence-corrected chi connectivity index (χ1v) is 12.4. The van der Waals surface area contributed by atoms with Crippen molar-refractivity contribution in [3.8, 4) is 0 Å². The second-order valence-electron chi connectivity index (χ2n) is 8.43. The lowest BCUT2D eigenvalue weighted by Crippen LogP contribution is -2.35. The molecule has 2 aromatic carbocycles. The summed E-state index contributed by atoms with van der Waals surface area (Å²) in [4.78, 5) is 25.3. The molecule has 1 atom stereocenters. The molecule has 0 spiro atoms. The number of aryl methyl sites for hydroxylation is 1. The average Bonchev–Trinajstić information content (AvgIpc) is 2.80. The molecule has 33 heavy (non-hydrogen) atoms. The Morgan fingerprint density at radius 1 is 1.18 bits per heavy atom. The molecule has 10 heteroatoms. The Bertz CT molecular complexity index is 1130. The molecule has 9 nitrogen and oxygen atoms in total. The van der Waals surface area contributed by atoms with Gasteiger partial charge in [-0.05, 0) is 57.0 Å². The van der Waals surface area contributed by atoms with Crippen LogP contribution in [-0.4, -0.2) is 55.1 Å². The zero-order chi connectivity index (χ0) is 24.2. The number of sulfonamides is 1. The highest BCUT2D eigenvalue weighted by atomic mass is 32.2. The second kappa shape index (κ2) is 10.4. The SMILES string of the molecule is Cc1ccc(S(=O)(=O)N2CCCCC2)cc1NC(=O)CN(C)C(C)c1cccc([N+](=O)[O-])c1. The number of carbonyl (C=O) groups excluding carboxylic acids is 1. The monoisotopic (exact) mass is 474 g/mol. The molecule has 1 saturated heterocycles. The third kappa shape index (κ3) is 5.95. The van der Waals surface area contributed by atoms with Crippen molar-refractivity contribution in [3.05, 3.63) is 63.7 Å². The van der Waals surface area contributed by atoms with Crippen molar-refractivity contribution in [2.24, 2.45) is 0 Å². The van der Waals surface area contributed by atoms with E-state index in [9.17, 15) is 23.3 Å². The fraction of sp³-hybridized carbons (Fsp3) is 0.435. The van der Waals surface area contributed by atoms with Crippen LogP contribution in [0.2, 0.25) is 0 Å². The van der Waals surface area contributed by atoms with E-state index in [1.165, 1.54) is 22.5 Å². The summed E-state index contributed by atoms with van der Waals surface area (Å²) in [6.45, 7) is 4.73. The highest BCUT2D eigenvalue weighted by Gasteiger charge is 2.26. The van der Waals surface area contributed by atoms with E-state index in [1.54, 1.807) is 36.2 Å². The topological polar surface area (TPSA) is 113 Å². The molecular formula is C23H30N4O5S. The number of rotatable bonds is 8. The fourth-order valence-electron chi connectivity index (χ4n) is 3.86. The number of piperidine rings is 1. The molecule has 1 amide bonds. The third-order valence-corrected chi connectivity index (χ3v) is 7.95. The molecule has 1 aliphatic rings. The van der Waals surface area contributed by atoms with Crippen LogP contribution in [0, 0.1) is 17.0 Å². The number of anilines is 1. The van der Waals surface area contributed by atoms with Crippen LogP contribution in [0.1, 0.15) is 43.4 Å². The van der Waals surface area contributed by atoms with Crippen molar-refractivity contribution < 1.29 is 18.1 Å².